The van der Waals surface area contributed by atoms with Gasteiger partial charge in [-0.2, -0.15) is 0 Å². The molecule has 3 atom stereocenters. The van der Waals surface area contributed by atoms with Crippen molar-refractivity contribution in [2.75, 3.05) is 10.2 Å². The summed E-state index contributed by atoms with van der Waals surface area (Å²) in [5, 5.41) is 13.9. The number of hydrogen-bond acceptors (Lipinski definition) is 6. The van der Waals surface area contributed by atoms with Crippen LogP contribution in [0.1, 0.15) is 17.9 Å². The third-order valence-electron chi connectivity index (χ3n) is 6.14. The predicted octanol–water partition coefficient (Wildman–Crippen LogP) is 4.72. The van der Waals surface area contributed by atoms with E-state index in [9.17, 15) is 9.90 Å². The largest absolute Gasteiger partial charge is 0.442 e. The molecule has 8 nitrogen and oxygen atoms in total. The average molecular weight is 460 g/mol. The number of carbonyl (C=O) groups is 1. The van der Waals surface area contributed by atoms with Gasteiger partial charge in [0.15, 0.2) is 12.2 Å². The number of aromatic nitrogens is 3. The van der Waals surface area contributed by atoms with Crippen LogP contribution in [0.3, 0.4) is 0 Å². The molecular weight excluding hydrogens is 442 g/mol. The Morgan fingerprint density at radius 3 is 2.79 bits per heavy atom. The second-order valence-electron chi connectivity index (χ2n) is 8.09. The Labute approximate surface area is 193 Å². The molecule has 33 heavy (non-hydrogen) atoms. The molecule has 4 heterocycles. The van der Waals surface area contributed by atoms with Crippen LogP contribution in [0.2, 0.25) is 5.02 Å². The number of benzene rings is 1. The third kappa shape index (κ3) is 3.35. The third-order valence-corrected chi connectivity index (χ3v) is 6.38. The smallest absolute Gasteiger partial charge is 0.329 e. The zero-order chi connectivity index (χ0) is 22.5. The molecule has 2 unspecified atom stereocenters. The Hall–Kier alpha value is -3.75. The molecule has 2 N–H and O–H groups in total. The first-order chi connectivity index (χ1) is 16.1. The number of hydrogen-bond donors (Lipinski definition) is 2. The molecule has 2 amide bonds. The molecular formula is C24H18ClN5O3. The van der Waals surface area contributed by atoms with Crippen molar-refractivity contribution in [2.45, 2.75) is 24.5 Å². The monoisotopic (exact) mass is 459 g/mol. The molecule has 1 aromatic carbocycles. The predicted molar refractivity (Wildman–Crippen MR) is 123 cm³/mol. The molecule has 0 radical (unpaired) electrons. The number of nitrogens with zero attached hydrogens (tertiary/aromatic N) is 4. The fourth-order valence-corrected chi connectivity index (χ4v) is 4.74. The van der Waals surface area contributed by atoms with Crippen LogP contribution >= 0.6 is 11.6 Å². The molecule has 9 heteroatoms. The lowest BCUT2D eigenvalue weighted by Crippen LogP contribution is -2.55. The van der Waals surface area contributed by atoms with Crippen LogP contribution in [0.25, 0.3) is 22.7 Å². The molecule has 1 saturated carbocycles. The minimum Gasteiger partial charge on any atom is -0.442 e. The molecule has 0 bridgehead atoms. The standard InChI is InChI=1S/C24H18ClN5O3/c25-14-4-1-3-13(9-14)17-8-7-15-16-10-19(31)22(16)30(23(15)28-17)24(32)29-21-6-2-5-18(27-21)20-11-26-12-33-20/h1-9,11-12,16,19,22,31H,10H2,(H,27,29,32)/t16?,19-,22?/m1/s1. The van der Waals surface area contributed by atoms with Crippen LogP contribution in [0.4, 0.5) is 16.4 Å². The zero-order valence-corrected chi connectivity index (χ0v) is 18.0. The quantitative estimate of drug-likeness (QED) is 0.459. The van der Waals surface area contributed by atoms with Crippen molar-refractivity contribution in [3.8, 4) is 22.7 Å². The van der Waals surface area contributed by atoms with Crippen LogP contribution < -0.4 is 10.2 Å². The maximum atomic E-state index is 13.4. The summed E-state index contributed by atoms with van der Waals surface area (Å²) in [6.45, 7) is 0. The van der Waals surface area contributed by atoms with Gasteiger partial charge in [-0.15, -0.1) is 0 Å². The molecule has 3 aromatic heterocycles. The summed E-state index contributed by atoms with van der Waals surface area (Å²) in [6, 6.07) is 15.8. The SMILES string of the molecule is O=C(Nc1cccc(-c2cnco2)n1)N1c2nc(-c3cccc(Cl)c3)ccc2C2C[C@@H](O)C21. The lowest BCUT2D eigenvalue weighted by Gasteiger charge is -2.40. The summed E-state index contributed by atoms with van der Waals surface area (Å²) < 4.78 is 5.29. The van der Waals surface area contributed by atoms with Gasteiger partial charge in [-0.3, -0.25) is 10.2 Å². The van der Waals surface area contributed by atoms with Crippen LogP contribution in [0.5, 0.6) is 0 Å². The van der Waals surface area contributed by atoms with Crippen molar-refractivity contribution in [3.63, 3.8) is 0 Å². The van der Waals surface area contributed by atoms with Gasteiger partial charge < -0.3 is 9.52 Å². The van der Waals surface area contributed by atoms with Crippen LogP contribution in [-0.4, -0.2) is 38.2 Å². The molecule has 164 valence electrons. The number of rotatable bonds is 3. The Bertz CT molecular complexity index is 1360. The molecule has 4 aromatic rings. The maximum absolute atomic E-state index is 13.4. The first-order valence-corrected chi connectivity index (χ1v) is 10.9. The van der Waals surface area contributed by atoms with E-state index in [-0.39, 0.29) is 12.0 Å². The van der Waals surface area contributed by atoms with Gasteiger partial charge in [-0.05, 0) is 36.8 Å². The lowest BCUT2D eigenvalue weighted by molar-refractivity contribution is 0.0540. The van der Waals surface area contributed by atoms with Crippen molar-refractivity contribution < 1.29 is 14.3 Å². The van der Waals surface area contributed by atoms with E-state index in [1.807, 2.05) is 30.3 Å². The summed E-state index contributed by atoms with van der Waals surface area (Å²) in [6.07, 6.45) is 2.86. The second-order valence-corrected chi connectivity index (χ2v) is 8.53. The zero-order valence-electron chi connectivity index (χ0n) is 17.2. The number of carbonyl (C=O) groups excluding carboxylic acids is 1. The first kappa shape index (κ1) is 19.9. The highest BCUT2D eigenvalue weighted by Gasteiger charge is 2.54. The summed E-state index contributed by atoms with van der Waals surface area (Å²) in [4.78, 5) is 28.1. The number of aliphatic hydroxyl groups excluding tert-OH is 1. The van der Waals surface area contributed by atoms with Gasteiger partial charge in [0, 0.05) is 22.1 Å². The Kier molecular flexibility index (Phi) is 4.63. The maximum Gasteiger partial charge on any atom is 0.329 e. The highest BCUT2D eigenvalue weighted by Crippen LogP contribution is 2.51. The van der Waals surface area contributed by atoms with Crippen molar-refractivity contribution in [3.05, 3.63) is 77.8 Å². The molecule has 0 spiro atoms. The van der Waals surface area contributed by atoms with Gasteiger partial charge in [-0.1, -0.05) is 35.9 Å². The summed E-state index contributed by atoms with van der Waals surface area (Å²) in [7, 11) is 0. The van der Waals surface area contributed by atoms with Gasteiger partial charge in [-0.25, -0.2) is 19.7 Å². The van der Waals surface area contributed by atoms with Crippen molar-refractivity contribution in [2.24, 2.45) is 0 Å². The molecule has 6 rings (SSSR count). The fourth-order valence-electron chi connectivity index (χ4n) is 4.55. The van der Waals surface area contributed by atoms with Crippen molar-refractivity contribution >= 4 is 29.3 Å². The van der Waals surface area contributed by atoms with Crippen molar-refractivity contribution in [1.82, 2.24) is 15.0 Å². The van der Waals surface area contributed by atoms with E-state index in [0.29, 0.717) is 40.2 Å². The van der Waals surface area contributed by atoms with Gasteiger partial charge >= 0.3 is 6.03 Å². The van der Waals surface area contributed by atoms with Gasteiger partial charge in [0.25, 0.3) is 0 Å². The number of pyridine rings is 2. The molecule has 1 aliphatic carbocycles. The summed E-state index contributed by atoms with van der Waals surface area (Å²) >= 11 is 6.15. The summed E-state index contributed by atoms with van der Waals surface area (Å²) in [5.74, 6) is 1.46. The van der Waals surface area contributed by atoms with Crippen LogP contribution in [-0.2, 0) is 0 Å². The summed E-state index contributed by atoms with van der Waals surface area (Å²) in [5.41, 5.74) is 3.06. The number of nitrogens with one attached hydrogen (secondary N) is 1. The Morgan fingerprint density at radius 1 is 1.12 bits per heavy atom. The number of halogens is 1. The highest BCUT2D eigenvalue weighted by molar-refractivity contribution is 6.30. The van der Waals surface area contributed by atoms with Gasteiger partial charge in [0.05, 0.1) is 24.0 Å². The first-order valence-electron chi connectivity index (χ1n) is 10.5. The van der Waals surface area contributed by atoms with Crippen LogP contribution in [0, 0.1) is 0 Å². The number of aliphatic hydroxyl groups is 1. The highest BCUT2D eigenvalue weighted by atomic mass is 35.5. The molecule has 0 saturated heterocycles. The van der Waals surface area contributed by atoms with Crippen LogP contribution in [0.15, 0.2) is 71.6 Å². The number of oxazole rings is 1. The van der Waals surface area contributed by atoms with E-state index < -0.39 is 12.1 Å². The normalized spacial score (nSPS) is 20.7. The Balaban J connectivity index is 1.34. The fraction of sp³-hybridized carbons (Fsp3) is 0.167. The number of fused-ring (bicyclic) bond motifs is 3. The molecule has 2 aliphatic rings. The number of urea groups is 1. The van der Waals surface area contributed by atoms with E-state index in [0.717, 1.165) is 11.1 Å². The van der Waals surface area contributed by atoms with E-state index in [1.54, 1.807) is 35.4 Å². The number of anilines is 2. The Morgan fingerprint density at radius 2 is 2.00 bits per heavy atom. The van der Waals surface area contributed by atoms with Gasteiger partial charge in [0.2, 0.25) is 0 Å². The minimum atomic E-state index is -0.613. The van der Waals surface area contributed by atoms with E-state index in [2.05, 4.69) is 15.3 Å². The van der Waals surface area contributed by atoms with Gasteiger partial charge in [0.1, 0.15) is 17.3 Å². The van der Waals surface area contributed by atoms with Crippen molar-refractivity contribution in [1.29, 1.82) is 0 Å². The topological polar surface area (TPSA) is 104 Å². The van der Waals surface area contributed by atoms with E-state index in [1.165, 1.54) is 6.39 Å². The van der Waals surface area contributed by atoms with E-state index >= 15 is 0 Å². The molecule has 1 aliphatic heterocycles. The van der Waals surface area contributed by atoms with E-state index in [4.69, 9.17) is 21.0 Å². The minimum absolute atomic E-state index is 0.0511. The average Bonchev–Trinajstić information content (AvgIpc) is 3.44. The number of amides is 2. The second kappa shape index (κ2) is 7.68. The molecule has 1 fully saturated rings. The lowest BCUT2D eigenvalue weighted by atomic mass is 9.75.